The molecule has 6 heteroatoms. The summed E-state index contributed by atoms with van der Waals surface area (Å²) in [6.45, 7) is 9.58. The fourth-order valence-corrected chi connectivity index (χ4v) is 4.54. The lowest BCUT2D eigenvalue weighted by atomic mass is 9.72. The lowest BCUT2D eigenvalue weighted by Crippen LogP contribution is -2.58. The number of amides is 1. The van der Waals surface area contributed by atoms with Gasteiger partial charge >= 0.3 is 0 Å². The average Bonchev–Trinajstić information content (AvgIpc) is 2.79. The molecule has 0 saturated carbocycles. The molecule has 0 bridgehead atoms. The fourth-order valence-electron chi connectivity index (χ4n) is 4.54. The summed E-state index contributed by atoms with van der Waals surface area (Å²) in [4.78, 5) is 28.9. The van der Waals surface area contributed by atoms with Crippen molar-refractivity contribution >= 4 is 11.7 Å². The van der Waals surface area contributed by atoms with Crippen LogP contribution < -0.4 is 5.32 Å². The third kappa shape index (κ3) is 5.87. The molecule has 33 heavy (non-hydrogen) atoms. The molecule has 1 aliphatic heterocycles. The topological polar surface area (TPSA) is 58.6 Å². The van der Waals surface area contributed by atoms with Crippen molar-refractivity contribution in [3.05, 3.63) is 71.0 Å². The minimum absolute atomic E-state index is 0.00128. The molecule has 0 radical (unpaired) electrons. The summed E-state index contributed by atoms with van der Waals surface area (Å²) in [5.41, 5.74) is 1.33. The number of likely N-dealkylation sites (tertiary alicyclic amines) is 1. The van der Waals surface area contributed by atoms with Crippen LogP contribution in [-0.2, 0) is 9.53 Å². The van der Waals surface area contributed by atoms with Crippen molar-refractivity contribution in [1.82, 2.24) is 10.2 Å². The van der Waals surface area contributed by atoms with E-state index < -0.39 is 11.3 Å². The van der Waals surface area contributed by atoms with Gasteiger partial charge in [0.05, 0.1) is 6.61 Å². The van der Waals surface area contributed by atoms with Crippen molar-refractivity contribution in [2.75, 3.05) is 33.4 Å². The predicted molar refractivity (Wildman–Crippen MR) is 128 cm³/mol. The van der Waals surface area contributed by atoms with Gasteiger partial charge in [-0.2, -0.15) is 0 Å². The van der Waals surface area contributed by atoms with E-state index in [1.54, 1.807) is 20.1 Å². The lowest BCUT2D eigenvalue weighted by molar-refractivity contribution is -0.130. The van der Waals surface area contributed by atoms with Gasteiger partial charge in [-0.3, -0.25) is 14.5 Å². The molecule has 1 saturated heterocycles. The number of piperidine rings is 1. The predicted octanol–water partition coefficient (Wildman–Crippen LogP) is 4.21. The maximum absolute atomic E-state index is 14.6. The number of carbonyl (C=O) groups is 2. The summed E-state index contributed by atoms with van der Waals surface area (Å²) >= 11 is 0. The van der Waals surface area contributed by atoms with Gasteiger partial charge in [0, 0.05) is 55.6 Å². The average molecular weight is 455 g/mol. The van der Waals surface area contributed by atoms with Gasteiger partial charge in [0.2, 0.25) is 5.91 Å². The summed E-state index contributed by atoms with van der Waals surface area (Å²) in [7, 11) is 1.65. The Labute approximate surface area is 196 Å². The summed E-state index contributed by atoms with van der Waals surface area (Å²) in [6, 6.07) is 13.9. The van der Waals surface area contributed by atoms with Gasteiger partial charge < -0.3 is 10.1 Å². The van der Waals surface area contributed by atoms with E-state index in [1.807, 2.05) is 57.2 Å². The largest absolute Gasteiger partial charge is 0.383 e. The number of halogens is 1. The van der Waals surface area contributed by atoms with Crippen LogP contribution in [0.4, 0.5) is 4.39 Å². The second-order valence-electron chi connectivity index (χ2n) is 9.90. The van der Waals surface area contributed by atoms with E-state index in [4.69, 9.17) is 4.74 Å². The van der Waals surface area contributed by atoms with Crippen LogP contribution in [0.1, 0.15) is 48.2 Å². The third-order valence-electron chi connectivity index (χ3n) is 6.45. The zero-order valence-corrected chi connectivity index (χ0v) is 20.2. The Morgan fingerprint density at radius 1 is 1.09 bits per heavy atom. The number of hydrogen-bond donors (Lipinski definition) is 1. The Balaban J connectivity index is 2.09. The van der Waals surface area contributed by atoms with Crippen LogP contribution in [-0.4, -0.2) is 56.0 Å². The molecule has 3 atom stereocenters. The molecule has 1 heterocycles. The quantitative estimate of drug-likeness (QED) is 0.637. The van der Waals surface area contributed by atoms with Gasteiger partial charge in [0.1, 0.15) is 5.82 Å². The molecular formula is C27H35FN2O3. The second kappa shape index (κ2) is 10.6. The van der Waals surface area contributed by atoms with Crippen LogP contribution >= 0.6 is 0 Å². The van der Waals surface area contributed by atoms with Crippen molar-refractivity contribution < 1.29 is 18.7 Å². The van der Waals surface area contributed by atoms with E-state index >= 15 is 0 Å². The molecule has 0 spiro atoms. The first-order chi connectivity index (χ1) is 15.6. The van der Waals surface area contributed by atoms with Gasteiger partial charge in [0.25, 0.3) is 0 Å². The Morgan fingerprint density at radius 2 is 1.79 bits per heavy atom. The zero-order chi connectivity index (χ0) is 24.2. The molecule has 0 aliphatic carbocycles. The van der Waals surface area contributed by atoms with Crippen LogP contribution in [0.2, 0.25) is 0 Å². The summed E-state index contributed by atoms with van der Waals surface area (Å²) in [5.74, 6) is -1.18. The standard InChI is InChI=1S/C27H35FN2O3/c1-18-20(12-9-13-22(18)28)24-21(25(31)19-10-7-6-8-11-19)16-30(14-15-33-5)17-23(24)29-26(32)27(2,3)4/h6-13,21,23-24H,14-17H2,1-5H3,(H,29,32)/t21-,23+,24+/m0/s1. The second-order valence-corrected chi connectivity index (χ2v) is 9.90. The van der Waals surface area contributed by atoms with Crippen LogP contribution in [0.5, 0.6) is 0 Å². The Kier molecular flexibility index (Phi) is 8.03. The summed E-state index contributed by atoms with van der Waals surface area (Å²) in [6.07, 6.45) is 0. The first-order valence-electron chi connectivity index (χ1n) is 11.5. The molecule has 5 nitrogen and oxygen atoms in total. The van der Waals surface area contributed by atoms with Crippen molar-refractivity contribution in [1.29, 1.82) is 0 Å². The fraction of sp³-hybridized carbons (Fsp3) is 0.481. The normalized spacial score (nSPS) is 21.6. The molecule has 1 N–H and O–H groups in total. The number of carbonyl (C=O) groups excluding carboxylic acids is 2. The third-order valence-corrected chi connectivity index (χ3v) is 6.45. The molecule has 1 aliphatic rings. The number of methoxy groups -OCH3 is 1. The van der Waals surface area contributed by atoms with Crippen molar-refractivity contribution in [2.24, 2.45) is 11.3 Å². The lowest BCUT2D eigenvalue weighted by Gasteiger charge is -2.45. The van der Waals surface area contributed by atoms with E-state index in [0.717, 1.165) is 5.56 Å². The van der Waals surface area contributed by atoms with E-state index in [-0.39, 0.29) is 29.5 Å². The van der Waals surface area contributed by atoms with Gasteiger partial charge in [-0.05, 0) is 24.1 Å². The molecule has 3 rings (SSSR count). The highest BCUT2D eigenvalue weighted by Gasteiger charge is 2.43. The molecule has 1 fully saturated rings. The zero-order valence-electron chi connectivity index (χ0n) is 20.2. The molecule has 1 amide bonds. The van der Waals surface area contributed by atoms with Crippen molar-refractivity contribution in [2.45, 2.75) is 39.7 Å². The molecular weight excluding hydrogens is 419 g/mol. The highest BCUT2D eigenvalue weighted by molar-refractivity contribution is 5.99. The molecule has 0 unspecified atom stereocenters. The number of ether oxygens (including phenoxy) is 1. The number of benzene rings is 2. The van der Waals surface area contributed by atoms with E-state index in [9.17, 15) is 14.0 Å². The number of hydrogen-bond acceptors (Lipinski definition) is 4. The molecule has 178 valence electrons. The minimum Gasteiger partial charge on any atom is -0.383 e. The highest BCUT2D eigenvalue weighted by Crippen LogP contribution is 2.38. The molecule has 2 aromatic carbocycles. The van der Waals surface area contributed by atoms with Crippen molar-refractivity contribution in [3.8, 4) is 0 Å². The van der Waals surface area contributed by atoms with E-state index in [2.05, 4.69) is 10.2 Å². The van der Waals surface area contributed by atoms with E-state index in [0.29, 0.717) is 37.4 Å². The summed E-state index contributed by atoms with van der Waals surface area (Å²) in [5, 5.41) is 3.20. The van der Waals surface area contributed by atoms with Crippen LogP contribution in [0, 0.1) is 24.1 Å². The molecule has 2 aromatic rings. The van der Waals surface area contributed by atoms with Gasteiger partial charge in [-0.15, -0.1) is 0 Å². The Bertz CT molecular complexity index is 971. The number of ketones is 1. The first kappa shape index (κ1) is 25.1. The van der Waals surface area contributed by atoms with Crippen LogP contribution in [0.25, 0.3) is 0 Å². The van der Waals surface area contributed by atoms with Gasteiger partial charge in [-0.1, -0.05) is 63.2 Å². The molecule has 0 aromatic heterocycles. The number of Topliss-reactive ketones (excluding diaryl/α,β-unsaturated/α-hetero) is 1. The summed E-state index contributed by atoms with van der Waals surface area (Å²) < 4.78 is 19.9. The Hall–Kier alpha value is -2.57. The monoisotopic (exact) mass is 454 g/mol. The highest BCUT2D eigenvalue weighted by atomic mass is 19.1. The van der Waals surface area contributed by atoms with Crippen LogP contribution in [0.3, 0.4) is 0 Å². The van der Waals surface area contributed by atoms with E-state index in [1.165, 1.54) is 6.07 Å². The smallest absolute Gasteiger partial charge is 0.225 e. The van der Waals surface area contributed by atoms with Crippen molar-refractivity contribution in [3.63, 3.8) is 0 Å². The Morgan fingerprint density at radius 3 is 2.42 bits per heavy atom. The SMILES string of the molecule is COCCN1C[C@H](C(=O)c2ccccc2)[C@@H](c2cccc(F)c2C)[C@H](NC(=O)C(C)(C)C)C1. The first-order valence-corrected chi connectivity index (χ1v) is 11.5. The minimum atomic E-state index is -0.588. The maximum Gasteiger partial charge on any atom is 0.225 e. The van der Waals surface area contributed by atoms with Gasteiger partial charge in [-0.25, -0.2) is 4.39 Å². The number of nitrogens with zero attached hydrogens (tertiary/aromatic N) is 1. The van der Waals surface area contributed by atoms with Crippen LogP contribution in [0.15, 0.2) is 48.5 Å². The number of nitrogens with one attached hydrogen (secondary N) is 1. The maximum atomic E-state index is 14.6. The van der Waals surface area contributed by atoms with Gasteiger partial charge in [0.15, 0.2) is 5.78 Å². The number of rotatable bonds is 7.